The van der Waals surface area contributed by atoms with Crippen molar-refractivity contribution < 1.29 is 49.9 Å². The van der Waals surface area contributed by atoms with Gasteiger partial charge in [-0.25, -0.2) is 17.6 Å². The molecule has 0 spiro atoms. The molecule has 0 aromatic heterocycles. The molecule has 1 fully saturated rings. The van der Waals surface area contributed by atoms with Crippen molar-refractivity contribution >= 4 is 49.4 Å². The zero-order valence-electron chi connectivity index (χ0n) is 23.8. The fourth-order valence-corrected chi connectivity index (χ4v) is 5.58. The lowest BCUT2D eigenvalue weighted by Crippen LogP contribution is -2.45. The summed E-state index contributed by atoms with van der Waals surface area (Å²) in [6.45, 7) is 0.627. The molecule has 3 aromatic carbocycles. The molecule has 46 heavy (non-hydrogen) atoms. The maximum Gasteiger partial charge on any atom is 0.493 e. The Labute approximate surface area is 269 Å². The summed E-state index contributed by atoms with van der Waals surface area (Å²) in [5.74, 6) is -5.27. The second kappa shape index (κ2) is 14.9. The van der Waals surface area contributed by atoms with E-state index in [-0.39, 0.29) is 29.0 Å². The van der Waals surface area contributed by atoms with Gasteiger partial charge in [-0.05, 0) is 92.5 Å². The van der Waals surface area contributed by atoms with Gasteiger partial charge in [-0.2, -0.15) is 18.2 Å². The molecule has 1 heterocycles. The number of rotatable bonds is 10. The van der Waals surface area contributed by atoms with Gasteiger partial charge in [0.25, 0.3) is 15.9 Å². The molecule has 1 aliphatic rings. The summed E-state index contributed by atoms with van der Waals surface area (Å²) in [6.07, 6.45) is -3.95. The first-order valence-electron chi connectivity index (χ1n) is 13.7. The van der Waals surface area contributed by atoms with E-state index in [1.807, 2.05) is 0 Å². The molecule has 1 saturated heterocycles. The van der Waals surface area contributed by atoms with Crippen molar-refractivity contribution in [1.29, 1.82) is 0 Å². The van der Waals surface area contributed by atoms with Gasteiger partial charge in [-0.15, -0.1) is 0 Å². The summed E-state index contributed by atoms with van der Waals surface area (Å²) in [6, 6.07) is 13.5. The van der Waals surface area contributed by atoms with Gasteiger partial charge in [0.05, 0.1) is 10.6 Å². The minimum Gasteiger partial charge on any atom is -0.455 e. The Morgan fingerprint density at radius 3 is 2.26 bits per heavy atom. The van der Waals surface area contributed by atoms with Crippen molar-refractivity contribution in [2.45, 2.75) is 23.9 Å². The van der Waals surface area contributed by atoms with Gasteiger partial charge >= 0.3 is 12.1 Å². The third-order valence-electron chi connectivity index (χ3n) is 6.62. The fourth-order valence-electron chi connectivity index (χ4n) is 4.25. The van der Waals surface area contributed by atoms with Crippen molar-refractivity contribution in [1.82, 2.24) is 15.7 Å². The lowest BCUT2D eigenvalue weighted by Gasteiger charge is -2.24. The van der Waals surface area contributed by atoms with Gasteiger partial charge < -0.3 is 20.2 Å². The summed E-state index contributed by atoms with van der Waals surface area (Å²) >= 11 is 3.28. The van der Waals surface area contributed by atoms with Gasteiger partial charge in [-0.3, -0.25) is 14.3 Å². The summed E-state index contributed by atoms with van der Waals surface area (Å²) in [5.41, 5.74) is -0.645. The highest BCUT2D eigenvalue weighted by Crippen LogP contribution is 2.32. The standard InChI is InChI=1S/C29H27BrF4N4O7S/c30-20-3-6-22(7-4-20)44-25-10-5-21(31)15-24(25)37-46(42,43)23-8-1-19(2-9-23)27(40)38(45-28(41)29(32,33)34)17-26(39)36-16-18-11-13-35-14-12-18/h1-10,15,18,35,37H,11-14,16-17H2,(H,36,39). The maximum atomic E-state index is 14.1. The lowest BCUT2D eigenvalue weighted by molar-refractivity contribution is -0.228. The van der Waals surface area contributed by atoms with Crippen LogP contribution in [-0.2, 0) is 24.4 Å². The van der Waals surface area contributed by atoms with Crippen LogP contribution in [-0.4, -0.2) is 63.6 Å². The van der Waals surface area contributed by atoms with Crippen LogP contribution in [0.3, 0.4) is 0 Å². The molecule has 0 radical (unpaired) electrons. The molecule has 3 aromatic rings. The van der Waals surface area contributed by atoms with E-state index in [2.05, 4.69) is 36.1 Å². The number of piperidine rings is 1. The van der Waals surface area contributed by atoms with Crippen LogP contribution in [0.1, 0.15) is 23.2 Å². The van der Waals surface area contributed by atoms with Crippen LogP contribution >= 0.6 is 15.9 Å². The molecule has 0 saturated carbocycles. The molecular weight excluding hydrogens is 704 g/mol. The van der Waals surface area contributed by atoms with E-state index < -0.39 is 56.8 Å². The second-order valence-corrected chi connectivity index (χ2v) is 12.6. The number of hydrogen-bond acceptors (Lipinski definition) is 8. The van der Waals surface area contributed by atoms with Crippen molar-refractivity contribution in [2.75, 3.05) is 30.9 Å². The fraction of sp³-hybridized carbons (Fsp3) is 0.276. The van der Waals surface area contributed by atoms with E-state index in [4.69, 9.17) is 4.74 Å². The number of amides is 2. The summed E-state index contributed by atoms with van der Waals surface area (Å²) < 4.78 is 87.8. The maximum absolute atomic E-state index is 14.1. The van der Waals surface area contributed by atoms with Crippen LogP contribution in [0.25, 0.3) is 0 Å². The van der Waals surface area contributed by atoms with Gasteiger partial charge in [0.1, 0.15) is 18.1 Å². The Hall–Kier alpha value is -4.22. The number of ether oxygens (including phenoxy) is 1. The molecule has 2 amide bonds. The third-order valence-corrected chi connectivity index (χ3v) is 8.53. The summed E-state index contributed by atoms with van der Waals surface area (Å²) in [7, 11) is -4.42. The predicted octanol–water partition coefficient (Wildman–Crippen LogP) is 4.76. The van der Waals surface area contributed by atoms with Crippen molar-refractivity contribution in [3.63, 3.8) is 0 Å². The average molecular weight is 732 g/mol. The minimum absolute atomic E-state index is 0.0281. The summed E-state index contributed by atoms with van der Waals surface area (Å²) in [5, 5.41) is 5.62. The Morgan fingerprint density at radius 1 is 0.978 bits per heavy atom. The number of anilines is 1. The smallest absolute Gasteiger partial charge is 0.455 e. The largest absolute Gasteiger partial charge is 0.493 e. The number of alkyl halides is 3. The van der Waals surface area contributed by atoms with Gasteiger partial charge in [-0.1, -0.05) is 15.9 Å². The Kier molecular flexibility index (Phi) is 11.2. The summed E-state index contributed by atoms with van der Waals surface area (Å²) in [4.78, 5) is 40.9. The van der Waals surface area contributed by atoms with Gasteiger partial charge in [0.15, 0.2) is 5.75 Å². The highest BCUT2D eigenvalue weighted by Gasteiger charge is 2.44. The van der Waals surface area contributed by atoms with E-state index >= 15 is 0 Å². The molecular formula is C29H27BrF4N4O7S. The van der Waals surface area contributed by atoms with Crippen LogP contribution < -0.4 is 20.1 Å². The SMILES string of the molecule is O=C(CN(OC(=O)C(F)(F)F)C(=O)c1ccc(S(=O)(=O)Nc2cc(F)ccc2Oc2ccc(Br)cc2)cc1)NCC1CCNCC1. The molecule has 1 aliphatic heterocycles. The zero-order chi connectivity index (χ0) is 33.5. The molecule has 246 valence electrons. The van der Waals surface area contributed by atoms with Crippen LogP contribution in [0.15, 0.2) is 76.1 Å². The second-order valence-electron chi connectivity index (χ2n) is 10.0. The number of benzene rings is 3. The van der Waals surface area contributed by atoms with E-state index in [1.54, 1.807) is 24.3 Å². The predicted molar refractivity (Wildman–Crippen MR) is 160 cm³/mol. The van der Waals surface area contributed by atoms with Gasteiger partial charge in [0, 0.05) is 22.6 Å². The first kappa shape index (κ1) is 34.6. The first-order chi connectivity index (χ1) is 21.7. The van der Waals surface area contributed by atoms with E-state index in [9.17, 15) is 40.4 Å². The topological polar surface area (TPSA) is 143 Å². The number of sulfonamides is 1. The highest BCUT2D eigenvalue weighted by atomic mass is 79.9. The monoisotopic (exact) mass is 730 g/mol. The molecule has 4 rings (SSSR count). The Balaban J connectivity index is 1.49. The number of carbonyl (C=O) groups excluding carboxylic acids is 3. The molecule has 0 unspecified atom stereocenters. The van der Waals surface area contributed by atoms with Crippen molar-refractivity contribution in [3.8, 4) is 11.5 Å². The quantitative estimate of drug-likeness (QED) is 0.200. The van der Waals surface area contributed by atoms with Gasteiger partial charge in [0.2, 0.25) is 5.91 Å². The minimum atomic E-state index is -5.47. The third kappa shape index (κ3) is 9.64. The van der Waals surface area contributed by atoms with E-state index in [0.29, 0.717) is 5.75 Å². The number of nitrogens with zero attached hydrogens (tertiary/aromatic N) is 1. The van der Waals surface area contributed by atoms with Crippen molar-refractivity contribution in [2.24, 2.45) is 5.92 Å². The molecule has 0 bridgehead atoms. The first-order valence-corrected chi connectivity index (χ1v) is 15.9. The molecule has 0 atom stereocenters. The van der Waals surface area contributed by atoms with E-state index in [1.165, 1.54) is 6.07 Å². The zero-order valence-corrected chi connectivity index (χ0v) is 26.2. The average Bonchev–Trinajstić information content (AvgIpc) is 3.01. The molecule has 3 N–H and O–H groups in total. The highest BCUT2D eigenvalue weighted by molar-refractivity contribution is 9.10. The van der Waals surface area contributed by atoms with Crippen LogP contribution in [0.2, 0.25) is 0 Å². The number of nitrogens with one attached hydrogen (secondary N) is 3. The molecule has 0 aliphatic carbocycles. The number of hydrogen-bond donors (Lipinski definition) is 3. The molecule has 17 heteroatoms. The van der Waals surface area contributed by atoms with Crippen LogP contribution in [0.4, 0.5) is 23.2 Å². The number of hydroxylamine groups is 2. The van der Waals surface area contributed by atoms with Crippen LogP contribution in [0.5, 0.6) is 11.5 Å². The Morgan fingerprint density at radius 2 is 1.63 bits per heavy atom. The normalized spacial score (nSPS) is 13.8. The lowest BCUT2D eigenvalue weighted by atomic mass is 9.98. The molecule has 11 nitrogen and oxygen atoms in total. The van der Waals surface area contributed by atoms with Crippen LogP contribution in [0, 0.1) is 11.7 Å². The Bertz CT molecular complexity index is 1670. The van der Waals surface area contributed by atoms with Crippen molar-refractivity contribution in [3.05, 3.63) is 82.6 Å². The van der Waals surface area contributed by atoms with E-state index in [0.717, 1.165) is 66.8 Å². The number of carbonyl (C=O) groups is 3. The number of halogens is 5.